The minimum absolute atomic E-state index is 0.328. The van der Waals surface area contributed by atoms with E-state index in [9.17, 15) is 4.57 Å². The Labute approximate surface area is 249 Å². The third-order valence-corrected chi connectivity index (χ3v) is 9.02. The van der Waals surface area contributed by atoms with Crippen molar-refractivity contribution < 1.29 is 4.57 Å². The summed E-state index contributed by atoms with van der Waals surface area (Å²) >= 11 is 6.55. The van der Waals surface area contributed by atoms with Crippen molar-refractivity contribution in [2.45, 2.75) is 6.92 Å². The van der Waals surface area contributed by atoms with Crippen LogP contribution in [0.25, 0.3) is 22.2 Å². The quantitative estimate of drug-likeness (QED) is 0.221. The molecule has 3 aromatic heterocycles. The number of aryl methyl sites for hydroxylation is 2. The summed E-state index contributed by atoms with van der Waals surface area (Å²) in [5, 5.41) is 15.4. The molecule has 0 spiro atoms. The fourth-order valence-corrected chi connectivity index (χ4v) is 6.75. The van der Waals surface area contributed by atoms with E-state index in [0.29, 0.717) is 38.8 Å². The molecule has 1 aliphatic heterocycles. The monoisotopic (exact) mass is 602 g/mol. The molecule has 0 amide bonds. The average molecular weight is 603 g/mol. The summed E-state index contributed by atoms with van der Waals surface area (Å²) in [4.78, 5) is 20.4. The number of benzene rings is 2. The lowest BCUT2D eigenvalue weighted by atomic mass is 10.0. The fourth-order valence-electron chi connectivity index (χ4n) is 5.22. The van der Waals surface area contributed by atoms with Gasteiger partial charge in [-0.1, -0.05) is 11.6 Å². The molecule has 3 N–H and O–H groups in total. The van der Waals surface area contributed by atoms with Crippen molar-refractivity contribution in [3.63, 3.8) is 0 Å². The highest BCUT2D eigenvalue weighted by Gasteiger charge is 2.23. The van der Waals surface area contributed by atoms with Gasteiger partial charge in [0.2, 0.25) is 5.95 Å². The van der Waals surface area contributed by atoms with Crippen LogP contribution in [0.1, 0.15) is 5.56 Å². The molecule has 216 valence electrons. The Morgan fingerprint density at radius 3 is 2.52 bits per heavy atom. The molecule has 0 bridgehead atoms. The van der Waals surface area contributed by atoms with Crippen molar-refractivity contribution in [3.8, 4) is 11.1 Å². The Morgan fingerprint density at radius 2 is 1.79 bits per heavy atom. The first-order chi connectivity index (χ1) is 20.2. The summed E-state index contributed by atoms with van der Waals surface area (Å²) in [5.41, 5.74) is 7.07. The van der Waals surface area contributed by atoms with Gasteiger partial charge in [0.05, 0.1) is 28.9 Å². The van der Waals surface area contributed by atoms with E-state index in [0.717, 1.165) is 48.6 Å². The lowest BCUT2D eigenvalue weighted by molar-refractivity contribution is 0.588. The normalized spacial score (nSPS) is 13.9. The van der Waals surface area contributed by atoms with Crippen molar-refractivity contribution in [1.82, 2.24) is 35.0 Å². The first kappa shape index (κ1) is 28.1. The molecule has 0 radical (unpaired) electrons. The van der Waals surface area contributed by atoms with Gasteiger partial charge in [-0.05, 0) is 50.1 Å². The van der Waals surface area contributed by atoms with Gasteiger partial charge >= 0.3 is 0 Å². The molecule has 5 aromatic rings. The summed E-state index contributed by atoms with van der Waals surface area (Å²) in [6, 6.07) is 7.99. The highest BCUT2D eigenvalue weighted by molar-refractivity contribution is 7.71. The summed E-state index contributed by atoms with van der Waals surface area (Å²) in [6.45, 7) is 9.23. The average Bonchev–Trinajstić information content (AvgIpc) is 3.41. The van der Waals surface area contributed by atoms with Crippen LogP contribution in [-0.4, -0.2) is 69.2 Å². The number of anilines is 5. The summed E-state index contributed by atoms with van der Waals surface area (Å²) < 4.78 is 15.2. The Bertz CT molecular complexity index is 1830. The van der Waals surface area contributed by atoms with Gasteiger partial charge in [-0.25, -0.2) is 4.98 Å². The SMILES string of the molecule is Cc1cc(N2CCNCC2)c(-c2cnn(C)c2)cc1Nc1ncc(Cl)c(Nc2ccc3nccnc3c2P(C)(C)=O)n1. The van der Waals surface area contributed by atoms with Crippen LogP contribution >= 0.6 is 18.7 Å². The van der Waals surface area contributed by atoms with Gasteiger partial charge in [0.15, 0.2) is 5.82 Å². The summed E-state index contributed by atoms with van der Waals surface area (Å²) in [7, 11) is -0.841. The number of hydrogen-bond acceptors (Lipinski definition) is 10. The first-order valence-corrected chi connectivity index (χ1v) is 16.6. The number of nitrogens with zero attached hydrogens (tertiary/aromatic N) is 7. The Hall–Kier alpha value is -4.05. The number of halogens is 1. The van der Waals surface area contributed by atoms with Crippen molar-refractivity contribution in [2.75, 3.05) is 55.0 Å². The molecular weight excluding hydrogens is 571 g/mol. The number of hydrogen-bond donors (Lipinski definition) is 3. The molecule has 2 aromatic carbocycles. The number of nitrogens with one attached hydrogen (secondary N) is 3. The van der Waals surface area contributed by atoms with Crippen LogP contribution in [0.4, 0.5) is 28.8 Å². The van der Waals surface area contributed by atoms with Crippen molar-refractivity contribution in [2.24, 2.45) is 7.05 Å². The Kier molecular flexibility index (Phi) is 7.57. The van der Waals surface area contributed by atoms with Crippen molar-refractivity contribution >= 4 is 63.9 Å². The molecule has 13 heteroatoms. The van der Waals surface area contributed by atoms with Crippen LogP contribution in [-0.2, 0) is 11.6 Å². The van der Waals surface area contributed by atoms with E-state index in [1.807, 2.05) is 36.3 Å². The van der Waals surface area contributed by atoms with Crippen LogP contribution in [0.2, 0.25) is 5.02 Å². The predicted molar refractivity (Wildman–Crippen MR) is 171 cm³/mol. The van der Waals surface area contributed by atoms with E-state index >= 15 is 0 Å². The second-order valence-corrected chi connectivity index (χ2v) is 14.3. The number of fused-ring (bicyclic) bond motifs is 1. The minimum Gasteiger partial charge on any atom is -0.368 e. The molecular formula is C29H32ClN10OP. The van der Waals surface area contributed by atoms with Gasteiger partial charge in [-0.15, -0.1) is 0 Å². The van der Waals surface area contributed by atoms with Gasteiger partial charge in [-0.3, -0.25) is 14.6 Å². The molecule has 4 heterocycles. The van der Waals surface area contributed by atoms with E-state index in [-0.39, 0.29) is 0 Å². The predicted octanol–water partition coefficient (Wildman–Crippen LogP) is 4.93. The molecule has 6 rings (SSSR count). The lowest BCUT2D eigenvalue weighted by Gasteiger charge is -2.32. The minimum atomic E-state index is -2.76. The van der Waals surface area contributed by atoms with Crippen molar-refractivity contribution in [3.05, 3.63) is 65.8 Å². The van der Waals surface area contributed by atoms with E-state index in [1.165, 1.54) is 5.69 Å². The lowest BCUT2D eigenvalue weighted by Crippen LogP contribution is -2.43. The maximum atomic E-state index is 13.4. The van der Waals surface area contributed by atoms with Crippen LogP contribution in [0, 0.1) is 6.92 Å². The highest BCUT2D eigenvalue weighted by Crippen LogP contribution is 2.41. The fraction of sp³-hybridized carbons (Fsp3) is 0.276. The van der Waals surface area contributed by atoms with E-state index in [2.05, 4.69) is 60.0 Å². The zero-order valence-electron chi connectivity index (χ0n) is 23.9. The van der Waals surface area contributed by atoms with Gasteiger partial charge in [0.25, 0.3) is 0 Å². The zero-order chi connectivity index (χ0) is 29.4. The van der Waals surface area contributed by atoms with Gasteiger partial charge in [0, 0.05) is 74.3 Å². The molecule has 0 atom stereocenters. The first-order valence-electron chi connectivity index (χ1n) is 13.6. The second-order valence-electron chi connectivity index (χ2n) is 10.7. The van der Waals surface area contributed by atoms with Crippen LogP contribution < -0.4 is 26.2 Å². The summed E-state index contributed by atoms with van der Waals surface area (Å²) in [6.07, 6.45) is 8.66. The third-order valence-electron chi connectivity index (χ3n) is 7.21. The largest absolute Gasteiger partial charge is 0.368 e. The van der Waals surface area contributed by atoms with E-state index in [4.69, 9.17) is 16.6 Å². The summed E-state index contributed by atoms with van der Waals surface area (Å²) in [5.74, 6) is 0.755. The maximum Gasteiger partial charge on any atom is 0.229 e. The van der Waals surface area contributed by atoms with E-state index < -0.39 is 7.14 Å². The zero-order valence-corrected chi connectivity index (χ0v) is 25.5. The van der Waals surface area contributed by atoms with Crippen LogP contribution in [0.3, 0.4) is 0 Å². The van der Waals surface area contributed by atoms with Gasteiger partial charge in [0.1, 0.15) is 17.7 Å². The molecule has 1 aliphatic rings. The topological polar surface area (TPSA) is 126 Å². The number of rotatable bonds is 7. The number of piperazine rings is 1. The Balaban J connectivity index is 1.36. The standard InChI is InChI=1S/C29H32ClN10OP/c1-18-13-25(40-11-9-31-10-12-40)20(19-15-35-39(2)17-19)14-24(18)37-29-34-16-21(30)28(38-29)36-23-6-5-22-26(33-8-7-32-22)27(23)42(3,4)41/h5-8,13-17,31H,9-12H2,1-4H3,(H2,34,36,37,38). The molecule has 42 heavy (non-hydrogen) atoms. The van der Waals surface area contributed by atoms with Gasteiger partial charge in [-0.2, -0.15) is 10.1 Å². The maximum absolute atomic E-state index is 13.4. The van der Waals surface area contributed by atoms with Gasteiger partial charge < -0.3 is 25.4 Å². The molecule has 1 saturated heterocycles. The van der Waals surface area contributed by atoms with Crippen molar-refractivity contribution in [1.29, 1.82) is 0 Å². The molecule has 1 fully saturated rings. The smallest absolute Gasteiger partial charge is 0.229 e. The third kappa shape index (κ3) is 5.68. The number of aromatic nitrogens is 6. The van der Waals surface area contributed by atoms with Crippen LogP contribution in [0.15, 0.2) is 55.2 Å². The molecule has 0 saturated carbocycles. The van der Waals surface area contributed by atoms with Crippen LogP contribution in [0.5, 0.6) is 0 Å². The molecule has 0 aliphatic carbocycles. The highest BCUT2D eigenvalue weighted by atomic mass is 35.5. The molecule has 0 unspecified atom stereocenters. The second kappa shape index (κ2) is 11.3. The molecule has 11 nitrogen and oxygen atoms in total. The van der Waals surface area contributed by atoms with E-state index in [1.54, 1.807) is 31.9 Å². The Morgan fingerprint density at radius 1 is 1.00 bits per heavy atom.